The molecule has 1 aliphatic carbocycles. The second-order valence-corrected chi connectivity index (χ2v) is 5.50. The Morgan fingerprint density at radius 2 is 2.00 bits per heavy atom. The molecule has 19 heavy (non-hydrogen) atoms. The fourth-order valence-corrected chi connectivity index (χ4v) is 3.26. The van der Waals surface area contributed by atoms with Crippen molar-refractivity contribution in [2.24, 2.45) is 23.3 Å². The monoisotopic (exact) mass is 290 g/mol. The van der Waals surface area contributed by atoms with Gasteiger partial charge in [0.15, 0.2) is 0 Å². The van der Waals surface area contributed by atoms with Crippen LogP contribution in [0.3, 0.4) is 0 Å². The zero-order chi connectivity index (χ0) is 13.3. The van der Waals surface area contributed by atoms with Crippen LogP contribution in [0.25, 0.3) is 0 Å². The Morgan fingerprint density at radius 1 is 1.32 bits per heavy atom. The van der Waals surface area contributed by atoms with Crippen molar-refractivity contribution in [1.29, 1.82) is 0 Å². The van der Waals surface area contributed by atoms with Crippen molar-refractivity contribution in [3.8, 4) is 0 Å². The Morgan fingerprint density at radius 3 is 2.58 bits per heavy atom. The number of urea groups is 1. The summed E-state index contributed by atoms with van der Waals surface area (Å²) < 4.78 is 0. The number of nitrogens with zero attached hydrogens (tertiary/aromatic N) is 1. The number of fused-ring (bicyclic) bond motifs is 1. The minimum absolute atomic E-state index is 0. The van der Waals surface area contributed by atoms with Gasteiger partial charge in [-0.25, -0.2) is 4.79 Å². The summed E-state index contributed by atoms with van der Waals surface area (Å²) in [6, 6.07) is -0.865. The van der Waals surface area contributed by atoms with Crippen molar-refractivity contribution in [3.63, 3.8) is 0 Å². The molecule has 0 spiro atoms. The summed E-state index contributed by atoms with van der Waals surface area (Å²) in [5.41, 5.74) is 11.1. The minimum atomic E-state index is -0.792. The van der Waals surface area contributed by atoms with E-state index in [0.717, 1.165) is 19.5 Å². The fraction of sp³-hybridized carbons (Fsp3) is 0.833. The van der Waals surface area contributed by atoms with Crippen LogP contribution in [0.5, 0.6) is 0 Å². The first-order valence-corrected chi connectivity index (χ1v) is 6.59. The van der Waals surface area contributed by atoms with E-state index in [1.165, 1.54) is 12.8 Å². The van der Waals surface area contributed by atoms with Gasteiger partial charge in [-0.3, -0.25) is 15.0 Å². The van der Waals surface area contributed by atoms with E-state index >= 15 is 0 Å². The molecule has 0 aromatic carbocycles. The molecule has 2 aliphatic rings. The van der Waals surface area contributed by atoms with Crippen LogP contribution >= 0.6 is 12.4 Å². The highest BCUT2D eigenvalue weighted by atomic mass is 35.5. The first-order chi connectivity index (χ1) is 8.49. The van der Waals surface area contributed by atoms with E-state index in [1.54, 1.807) is 6.92 Å². The number of rotatable bonds is 2. The molecule has 110 valence electrons. The molecule has 0 aromatic heterocycles. The zero-order valence-electron chi connectivity index (χ0n) is 11.2. The van der Waals surface area contributed by atoms with Gasteiger partial charge < -0.3 is 11.5 Å². The maximum atomic E-state index is 11.7. The van der Waals surface area contributed by atoms with Gasteiger partial charge in [-0.1, -0.05) is 6.42 Å². The molecule has 1 saturated heterocycles. The van der Waals surface area contributed by atoms with Crippen LogP contribution in [0, 0.1) is 11.8 Å². The van der Waals surface area contributed by atoms with Crippen molar-refractivity contribution in [1.82, 2.24) is 10.2 Å². The molecule has 1 heterocycles. The van der Waals surface area contributed by atoms with Crippen LogP contribution in [0.15, 0.2) is 0 Å². The molecule has 7 heteroatoms. The summed E-state index contributed by atoms with van der Waals surface area (Å²) in [6.07, 6.45) is 3.45. The lowest BCUT2D eigenvalue weighted by Gasteiger charge is -2.30. The molecule has 4 atom stereocenters. The van der Waals surface area contributed by atoms with Crippen molar-refractivity contribution < 1.29 is 9.59 Å². The Hall–Kier alpha value is -0.850. The maximum absolute atomic E-state index is 11.7. The topological polar surface area (TPSA) is 101 Å². The molecule has 3 amide bonds. The molecule has 6 nitrogen and oxygen atoms in total. The van der Waals surface area contributed by atoms with Gasteiger partial charge in [-0.15, -0.1) is 12.4 Å². The normalized spacial score (nSPS) is 32.0. The van der Waals surface area contributed by atoms with Crippen molar-refractivity contribution >= 4 is 24.3 Å². The van der Waals surface area contributed by atoms with Crippen molar-refractivity contribution in [2.45, 2.75) is 38.3 Å². The predicted molar refractivity (Wildman–Crippen MR) is 74.8 cm³/mol. The third-order valence-corrected chi connectivity index (χ3v) is 4.36. The van der Waals surface area contributed by atoms with Gasteiger partial charge in [0.05, 0.1) is 6.04 Å². The molecule has 5 N–H and O–H groups in total. The van der Waals surface area contributed by atoms with Gasteiger partial charge in [0, 0.05) is 19.1 Å². The summed E-state index contributed by atoms with van der Waals surface area (Å²) in [7, 11) is 0. The number of nitrogens with one attached hydrogen (secondary N) is 1. The molecular weight excluding hydrogens is 268 g/mol. The third-order valence-electron chi connectivity index (χ3n) is 4.36. The smallest absolute Gasteiger partial charge is 0.318 e. The van der Waals surface area contributed by atoms with Crippen LogP contribution in [0.4, 0.5) is 4.79 Å². The highest BCUT2D eigenvalue weighted by Gasteiger charge is 2.41. The standard InChI is InChI=1S/C12H22N4O2.ClH/c1-7(11(17)15-12(14)18)16-5-8-3-2-4-10(13)9(8)6-16;/h7-10H,2-6,13H2,1H3,(H3,14,15,17,18);1H. The van der Waals surface area contributed by atoms with Crippen LogP contribution < -0.4 is 16.8 Å². The minimum Gasteiger partial charge on any atom is -0.351 e. The summed E-state index contributed by atoms with van der Waals surface area (Å²) in [5.74, 6) is 0.759. The van der Waals surface area contributed by atoms with Crippen LogP contribution in [0.1, 0.15) is 26.2 Å². The van der Waals surface area contributed by atoms with Gasteiger partial charge in [0.2, 0.25) is 5.91 Å². The van der Waals surface area contributed by atoms with E-state index in [9.17, 15) is 9.59 Å². The number of imide groups is 1. The molecule has 1 saturated carbocycles. The van der Waals surface area contributed by atoms with Gasteiger partial charge >= 0.3 is 6.03 Å². The van der Waals surface area contributed by atoms with E-state index in [1.807, 2.05) is 0 Å². The number of nitrogens with two attached hydrogens (primary N) is 2. The first kappa shape index (κ1) is 16.2. The molecule has 0 aromatic rings. The van der Waals surface area contributed by atoms with Gasteiger partial charge in [0.1, 0.15) is 0 Å². The molecular formula is C12H23ClN4O2. The lowest BCUT2D eigenvalue weighted by Crippen LogP contribution is -2.48. The molecule has 0 bridgehead atoms. The second-order valence-electron chi connectivity index (χ2n) is 5.50. The van der Waals surface area contributed by atoms with E-state index in [2.05, 4.69) is 10.2 Å². The SMILES string of the molecule is CC(C(=O)NC(N)=O)N1CC2CCCC(N)C2C1.Cl. The molecule has 2 fully saturated rings. The Balaban J connectivity index is 0.00000180. The second kappa shape index (κ2) is 6.54. The number of amides is 3. The Labute approximate surface area is 119 Å². The lowest BCUT2D eigenvalue weighted by molar-refractivity contribution is -0.124. The molecule has 1 aliphatic heterocycles. The molecule has 2 rings (SSSR count). The Bertz CT molecular complexity index is 353. The van der Waals surface area contributed by atoms with Gasteiger partial charge in [-0.2, -0.15) is 0 Å². The van der Waals surface area contributed by atoms with Crippen LogP contribution in [-0.2, 0) is 4.79 Å². The van der Waals surface area contributed by atoms with Crippen molar-refractivity contribution in [2.75, 3.05) is 13.1 Å². The number of carbonyl (C=O) groups is 2. The van der Waals surface area contributed by atoms with Crippen molar-refractivity contribution in [3.05, 3.63) is 0 Å². The highest BCUT2D eigenvalue weighted by molar-refractivity contribution is 5.96. The summed E-state index contributed by atoms with van der Waals surface area (Å²) >= 11 is 0. The molecule has 0 radical (unpaired) electrons. The average molecular weight is 291 g/mol. The largest absolute Gasteiger partial charge is 0.351 e. The van der Waals surface area contributed by atoms with Crippen LogP contribution in [-0.4, -0.2) is 42.0 Å². The summed E-state index contributed by atoms with van der Waals surface area (Å²) in [4.78, 5) is 24.5. The van der Waals surface area contributed by atoms with E-state index < -0.39 is 6.03 Å². The number of carbonyl (C=O) groups excluding carboxylic acids is 2. The number of hydrogen-bond acceptors (Lipinski definition) is 4. The van der Waals surface area contributed by atoms with Gasteiger partial charge in [-0.05, 0) is 31.6 Å². The summed E-state index contributed by atoms with van der Waals surface area (Å²) in [5, 5.41) is 2.14. The van der Waals surface area contributed by atoms with Gasteiger partial charge in [0.25, 0.3) is 0 Å². The Kier molecular flexibility index (Phi) is 5.58. The number of hydrogen-bond donors (Lipinski definition) is 3. The first-order valence-electron chi connectivity index (χ1n) is 6.59. The summed E-state index contributed by atoms with van der Waals surface area (Å²) in [6.45, 7) is 3.55. The molecule has 4 unspecified atom stereocenters. The van der Waals surface area contributed by atoms with E-state index in [4.69, 9.17) is 11.5 Å². The zero-order valence-corrected chi connectivity index (χ0v) is 12.0. The highest BCUT2D eigenvalue weighted by Crippen LogP contribution is 2.36. The number of primary amides is 1. The maximum Gasteiger partial charge on any atom is 0.318 e. The number of halogens is 1. The van der Waals surface area contributed by atoms with E-state index in [0.29, 0.717) is 11.8 Å². The lowest BCUT2D eigenvalue weighted by atomic mass is 9.78. The fourth-order valence-electron chi connectivity index (χ4n) is 3.26. The van der Waals surface area contributed by atoms with Crippen LogP contribution in [0.2, 0.25) is 0 Å². The van der Waals surface area contributed by atoms with E-state index in [-0.39, 0.29) is 30.4 Å². The third kappa shape index (κ3) is 3.58. The number of likely N-dealkylation sites (tertiary alicyclic amines) is 1. The predicted octanol–water partition coefficient (Wildman–Crippen LogP) is 0.0508. The average Bonchev–Trinajstić information content (AvgIpc) is 2.72. The quantitative estimate of drug-likeness (QED) is 0.669.